The predicted molar refractivity (Wildman–Crippen MR) is 106 cm³/mol. The Kier molecular flexibility index (Phi) is 4.46. The van der Waals surface area contributed by atoms with E-state index in [1.54, 1.807) is 23.9 Å². The molecule has 5 aromatic heterocycles. The standard InChI is InChI=1S/C19H15N5O2S2/c1-2-15-20-17-13(7-10-27-17)18(21-15)28-19-23-22-16(14-6-4-9-26-14)24(19)11-12-5-3-8-25-12/h3-10H,2,11H2,1H3. The van der Waals surface area contributed by atoms with Gasteiger partial charge in [0.05, 0.1) is 19.1 Å². The maximum Gasteiger partial charge on any atom is 0.200 e. The minimum atomic E-state index is 0.497. The minimum absolute atomic E-state index is 0.497. The van der Waals surface area contributed by atoms with E-state index < -0.39 is 0 Å². The van der Waals surface area contributed by atoms with E-state index in [4.69, 9.17) is 13.8 Å². The highest BCUT2D eigenvalue weighted by Gasteiger charge is 2.20. The first kappa shape index (κ1) is 17.2. The molecule has 0 saturated carbocycles. The number of hydrogen-bond acceptors (Lipinski definition) is 8. The molecular formula is C19H15N5O2S2. The van der Waals surface area contributed by atoms with Crippen LogP contribution >= 0.6 is 23.1 Å². The van der Waals surface area contributed by atoms with Crippen molar-refractivity contribution >= 4 is 33.3 Å². The SMILES string of the molecule is CCc1nc(Sc2nnc(-c3ccco3)n2Cc2ccco2)c2ccsc2n1. The zero-order valence-corrected chi connectivity index (χ0v) is 16.5. The van der Waals surface area contributed by atoms with Crippen LogP contribution in [0.25, 0.3) is 21.8 Å². The summed E-state index contributed by atoms with van der Waals surface area (Å²) < 4.78 is 13.1. The summed E-state index contributed by atoms with van der Waals surface area (Å²) in [5.41, 5.74) is 0. The number of nitrogens with zero attached hydrogens (tertiary/aromatic N) is 5. The molecule has 9 heteroatoms. The molecule has 0 aliphatic heterocycles. The summed E-state index contributed by atoms with van der Waals surface area (Å²) in [7, 11) is 0. The van der Waals surface area contributed by atoms with Gasteiger partial charge in [0.2, 0.25) is 5.82 Å². The van der Waals surface area contributed by atoms with Gasteiger partial charge >= 0.3 is 0 Å². The molecule has 5 aromatic rings. The molecule has 0 atom stereocenters. The number of aryl methyl sites for hydroxylation is 1. The minimum Gasteiger partial charge on any atom is -0.467 e. The van der Waals surface area contributed by atoms with Crippen LogP contribution < -0.4 is 0 Å². The quantitative estimate of drug-likeness (QED) is 0.369. The van der Waals surface area contributed by atoms with Gasteiger partial charge in [-0.05, 0) is 47.5 Å². The third-order valence-electron chi connectivity index (χ3n) is 4.19. The molecule has 0 radical (unpaired) electrons. The first-order valence-corrected chi connectivity index (χ1v) is 10.4. The van der Waals surface area contributed by atoms with Gasteiger partial charge in [-0.25, -0.2) is 9.97 Å². The van der Waals surface area contributed by atoms with Crippen LogP contribution in [0.5, 0.6) is 0 Å². The topological polar surface area (TPSA) is 82.8 Å². The van der Waals surface area contributed by atoms with Crippen molar-refractivity contribution in [3.63, 3.8) is 0 Å². The number of hydrogen-bond donors (Lipinski definition) is 0. The fourth-order valence-corrected chi connectivity index (χ4v) is 4.63. The molecule has 0 spiro atoms. The van der Waals surface area contributed by atoms with Crippen molar-refractivity contribution in [1.82, 2.24) is 24.7 Å². The number of fused-ring (bicyclic) bond motifs is 1. The summed E-state index contributed by atoms with van der Waals surface area (Å²) in [5.74, 6) is 2.94. The molecule has 0 saturated heterocycles. The van der Waals surface area contributed by atoms with Crippen LogP contribution in [0.3, 0.4) is 0 Å². The fourth-order valence-electron chi connectivity index (χ4n) is 2.85. The van der Waals surface area contributed by atoms with Gasteiger partial charge in [-0.2, -0.15) is 0 Å². The Morgan fingerprint density at radius 1 is 1.07 bits per heavy atom. The highest BCUT2D eigenvalue weighted by atomic mass is 32.2. The molecule has 0 fully saturated rings. The van der Waals surface area contributed by atoms with E-state index in [0.29, 0.717) is 18.1 Å². The van der Waals surface area contributed by atoms with Crippen molar-refractivity contribution in [3.05, 3.63) is 59.8 Å². The third kappa shape index (κ3) is 3.12. The summed E-state index contributed by atoms with van der Waals surface area (Å²) in [4.78, 5) is 10.3. The van der Waals surface area contributed by atoms with Crippen LogP contribution in [0.4, 0.5) is 0 Å². The molecular weight excluding hydrogens is 394 g/mol. The second kappa shape index (κ2) is 7.25. The molecule has 0 aliphatic carbocycles. The van der Waals surface area contributed by atoms with E-state index >= 15 is 0 Å². The van der Waals surface area contributed by atoms with E-state index in [-0.39, 0.29) is 0 Å². The Bertz CT molecular complexity index is 1210. The number of thiophene rings is 1. The predicted octanol–water partition coefficient (Wildman–Crippen LogP) is 4.90. The lowest BCUT2D eigenvalue weighted by atomic mass is 10.4. The normalized spacial score (nSPS) is 11.5. The average molecular weight is 409 g/mol. The molecule has 5 heterocycles. The van der Waals surface area contributed by atoms with E-state index in [1.165, 1.54) is 11.8 Å². The maximum absolute atomic E-state index is 5.55. The first-order chi connectivity index (χ1) is 13.8. The molecule has 0 unspecified atom stereocenters. The molecule has 0 bridgehead atoms. The monoisotopic (exact) mass is 409 g/mol. The first-order valence-electron chi connectivity index (χ1n) is 8.73. The van der Waals surface area contributed by atoms with Crippen LogP contribution in [0.1, 0.15) is 18.5 Å². The van der Waals surface area contributed by atoms with Gasteiger partial charge < -0.3 is 8.83 Å². The highest BCUT2D eigenvalue weighted by molar-refractivity contribution is 7.99. The second-order valence-corrected chi connectivity index (χ2v) is 7.84. The molecule has 5 rings (SSSR count). The Labute approximate surface area is 168 Å². The van der Waals surface area contributed by atoms with E-state index in [9.17, 15) is 0 Å². The van der Waals surface area contributed by atoms with Crippen LogP contribution in [0, 0.1) is 0 Å². The number of aromatic nitrogens is 5. The smallest absolute Gasteiger partial charge is 0.200 e. The van der Waals surface area contributed by atoms with Crippen LogP contribution in [0.15, 0.2) is 67.3 Å². The molecule has 0 N–H and O–H groups in total. The highest BCUT2D eigenvalue weighted by Crippen LogP contribution is 2.34. The summed E-state index contributed by atoms with van der Waals surface area (Å²) in [6, 6.07) is 9.54. The van der Waals surface area contributed by atoms with E-state index in [2.05, 4.69) is 22.1 Å². The van der Waals surface area contributed by atoms with Gasteiger partial charge in [-0.1, -0.05) is 6.92 Å². The summed E-state index contributed by atoms with van der Waals surface area (Å²) in [5, 5.41) is 13.4. The van der Waals surface area contributed by atoms with Crippen molar-refractivity contribution in [3.8, 4) is 11.6 Å². The zero-order chi connectivity index (χ0) is 18.9. The lowest BCUT2D eigenvalue weighted by Gasteiger charge is -2.08. The Morgan fingerprint density at radius 3 is 2.75 bits per heavy atom. The summed E-state index contributed by atoms with van der Waals surface area (Å²) >= 11 is 3.09. The van der Waals surface area contributed by atoms with Crippen LogP contribution in [-0.4, -0.2) is 24.7 Å². The van der Waals surface area contributed by atoms with Crippen molar-refractivity contribution in [2.24, 2.45) is 0 Å². The van der Waals surface area contributed by atoms with Gasteiger partial charge in [-0.3, -0.25) is 4.57 Å². The van der Waals surface area contributed by atoms with Gasteiger partial charge in [0, 0.05) is 11.8 Å². The Morgan fingerprint density at radius 2 is 1.96 bits per heavy atom. The van der Waals surface area contributed by atoms with Crippen molar-refractivity contribution in [2.75, 3.05) is 0 Å². The van der Waals surface area contributed by atoms with Crippen LogP contribution in [0.2, 0.25) is 0 Å². The van der Waals surface area contributed by atoms with Crippen molar-refractivity contribution < 1.29 is 8.83 Å². The maximum atomic E-state index is 5.55. The van der Waals surface area contributed by atoms with Gasteiger partial charge in [0.25, 0.3) is 0 Å². The lowest BCUT2D eigenvalue weighted by molar-refractivity contribution is 0.482. The Hall–Kier alpha value is -2.91. The van der Waals surface area contributed by atoms with Crippen molar-refractivity contribution in [2.45, 2.75) is 30.1 Å². The van der Waals surface area contributed by atoms with E-state index in [1.807, 2.05) is 40.3 Å². The number of furan rings is 2. The molecule has 0 aromatic carbocycles. The molecule has 0 aliphatic rings. The lowest BCUT2D eigenvalue weighted by Crippen LogP contribution is -2.03. The number of rotatable bonds is 6. The van der Waals surface area contributed by atoms with Gasteiger partial charge in [0.1, 0.15) is 21.4 Å². The summed E-state index contributed by atoms with van der Waals surface area (Å²) in [6.45, 7) is 2.55. The average Bonchev–Trinajstić information content (AvgIpc) is 3.50. The molecule has 0 amide bonds. The molecule has 7 nitrogen and oxygen atoms in total. The van der Waals surface area contributed by atoms with Crippen molar-refractivity contribution in [1.29, 1.82) is 0 Å². The third-order valence-corrected chi connectivity index (χ3v) is 5.99. The van der Waals surface area contributed by atoms with E-state index in [0.717, 1.165) is 38.4 Å². The van der Waals surface area contributed by atoms with Crippen LogP contribution in [-0.2, 0) is 13.0 Å². The second-order valence-electron chi connectivity index (χ2n) is 5.99. The molecule has 28 heavy (non-hydrogen) atoms. The Balaban J connectivity index is 1.60. The zero-order valence-electron chi connectivity index (χ0n) is 14.9. The summed E-state index contributed by atoms with van der Waals surface area (Å²) in [6.07, 6.45) is 4.06. The van der Waals surface area contributed by atoms with Gasteiger partial charge in [0.15, 0.2) is 10.9 Å². The van der Waals surface area contributed by atoms with Gasteiger partial charge in [-0.15, -0.1) is 21.5 Å². The molecule has 140 valence electrons. The fraction of sp³-hybridized carbons (Fsp3) is 0.158. The largest absolute Gasteiger partial charge is 0.467 e.